The van der Waals surface area contributed by atoms with Crippen molar-refractivity contribution in [2.24, 2.45) is 7.05 Å². The van der Waals surface area contributed by atoms with Crippen molar-refractivity contribution in [3.8, 4) is 11.5 Å². The van der Waals surface area contributed by atoms with Gasteiger partial charge in [0.2, 0.25) is 0 Å². The zero-order chi connectivity index (χ0) is 22.5. The van der Waals surface area contributed by atoms with Crippen molar-refractivity contribution in [3.05, 3.63) is 59.3 Å². The molecule has 2 aliphatic rings. The van der Waals surface area contributed by atoms with Crippen LogP contribution in [-0.4, -0.2) is 52.0 Å². The molecular weight excluding hydrogens is 404 g/mol. The van der Waals surface area contributed by atoms with E-state index in [1.54, 1.807) is 7.11 Å². The second-order valence-electron chi connectivity index (χ2n) is 9.30. The number of fused-ring (bicyclic) bond motifs is 2. The Kier molecular flexibility index (Phi) is 5.40. The highest BCUT2D eigenvalue weighted by Gasteiger charge is 2.43. The van der Waals surface area contributed by atoms with Gasteiger partial charge in [-0.2, -0.15) is 0 Å². The lowest BCUT2D eigenvalue weighted by atomic mass is 9.81. The number of nitrogens with zero attached hydrogens (tertiary/aromatic N) is 2. The number of rotatable bonds is 4. The first-order valence-corrected chi connectivity index (χ1v) is 11.4. The second kappa shape index (κ2) is 8.10. The second-order valence-corrected chi connectivity index (χ2v) is 9.30. The summed E-state index contributed by atoms with van der Waals surface area (Å²) in [5, 5.41) is 22.9. The van der Waals surface area contributed by atoms with Crippen molar-refractivity contribution in [1.29, 1.82) is 0 Å². The van der Waals surface area contributed by atoms with Crippen LogP contribution in [0.5, 0.6) is 11.5 Å². The molecule has 1 saturated heterocycles. The number of para-hydroxylation sites is 1. The molecule has 2 N–H and O–H groups in total. The highest BCUT2D eigenvalue weighted by atomic mass is 16.5. The first-order valence-electron chi connectivity index (χ1n) is 11.4. The number of methoxy groups -OCH3 is 1. The van der Waals surface area contributed by atoms with Crippen LogP contribution >= 0.6 is 0 Å². The molecule has 3 aromatic rings. The van der Waals surface area contributed by atoms with Crippen LogP contribution in [-0.2, 0) is 7.05 Å². The molecule has 0 bridgehead atoms. The summed E-state index contributed by atoms with van der Waals surface area (Å²) in [4.78, 5) is 2.31. The van der Waals surface area contributed by atoms with E-state index in [0.717, 1.165) is 65.2 Å². The van der Waals surface area contributed by atoms with Gasteiger partial charge in [0, 0.05) is 60.8 Å². The predicted molar refractivity (Wildman–Crippen MR) is 124 cm³/mol. The van der Waals surface area contributed by atoms with Gasteiger partial charge < -0.3 is 29.2 Å². The third kappa shape index (κ3) is 3.56. The maximum Gasteiger partial charge on any atom is 0.125 e. The molecule has 0 aliphatic carbocycles. The maximum atomic E-state index is 11.2. The number of likely N-dealkylation sites (tertiary alicyclic amines) is 1. The first kappa shape index (κ1) is 21.3. The summed E-state index contributed by atoms with van der Waals surface area (Å²) in [6.45, 7) is 4.30. The topological polar surface area (TPSA) is 67.1 Å². The average molecular weight is 437 g/mol. The van der Waals surface area contributed by atoms with E-state index < -0.39 is 12.2 Å². The van der Waals surface area contributed by atoms with Crippen molar-refractivity contribution in [2.45, 2.75) is 44.0 Å². The van der Waals surface area contributed by atoms with E-state index in [4.69, 9.17) is 9.47 Å². The Morgan fingerprint density at radius 1 is 1.19 bits per heavy atom. The molecule has 6 heteroatoms. The highest BCUT2D eigenvalue weighted by molar-refractivity contribution is 5.87. The monoisotopic (exact) mass is 436 g/mol. The van der Waals surface area contributed by atoms with Crippen LogP contribution in [0.25, 0.3) is 10.9 Å². The van der Waals surface area contributed by atoms with Gasteiger partial charge in [-0.25, -0.2) is 0 Å². The summed E-state index contributed by atoms with van der Waals surface area (Å²) in [5.74, 6) is 1.60. The molecule has 2 aliphatic heterocycles. The van der Waals surface area contributed by atoms with Gasteiger partial charge in [-0.05, 0) is 44.0 Å². The predicted octanol–water partition coefficient (Wildman–Crippen LogP) is 3.88. The number of aromatic nitrogens is 1. The first-order chi connectivity index (χ1) is 15.4. The van der Waals surface area contributed by atoms with Crippen molar-refractivity contribution in [1.82, 2.24) is 9.47 Å². The lowest BCUT2D eigenvalue weighted by Gasteiger charge is -2.46. The molecule has 2 aromatic carbocycles. The van der Waals surface area contributed by atoms with Crippen LogP contribution in [0.2, 0.25) is 0 Å². The third-order valence-electron chi connectivity index (χ3n) is 7.45. The zero-order valence-electron chi connectivity index (χ0n) is 19.0. The van der Waals surface area contributed by atoms with Crippen LogP contribution in [0.4, 0.5) is 0 Å². The molecule has 170 valence electrons. The van der Waals surface area contributed by atoms with E-state index in [1.807, 2.05) is 49.5 Å². The van der Waals surface area contributed by atoms with E-state index in [9.17, 15) is 10.2 Å². The van der Waals surface area contributed by atoms with E-state index in [-0.39, 0.29) is 5.60 Å². The number of aliphatic hydroxyl groups excluding tert-OH is 2. The summed E-state index contributed by atoms with van der Waals surface area (Å²) in [6.07, 6.45) is 1.24. The van der Waals surface area contributed by atoms with Crippen LogP contribution in [0, 0.1) is 6.92 Å². The molecule has 0 amide bonds. The number of ether oxygens (including phenoxy) is 2. The maximum absolute atomic E-state index is 11.2. The molecule has 32 heavy (non-hydrogen) atoms. The average Bonchev–Trinajstić information content (AvgIpc) is 3.05. The number of aryl methyl sites for hydroxylation is 1. The van der Waals surface area contributed by atoms with E-state index in [0.29, 0.717) is 13.0 Å². The van der Waals surface area contributed by atoms with E-state index in [2.05, 4.69) is 16.4 Å². The smallest absolute Gasteiger partial charge is 0.125 e. The van der Waals surface area contributed by atoms with Gasteiger partial charge in [-0.15, -0.1) is 0 Å². The van der Waals surface area contributed by atoms with Crippen molar-refractivity contribution in [3.63, 3.8) is 0 Å². The highest BCUT2D eigenvalue weighted by Crippen LogP contribution is 2.44. The fraction of sp³-hybridized carbons (Fsp3) is 0.462. The number of hydrogen-bond donors (Lipinski definition) is 2. The number of β-amino-alcohol motifs (C(OH)–C–C–N with tert-alkyl or cyclic N) is 1. The Morgan fingerprint density at radius 3 is 2.69 bits per heavy atom. The van der Waals surface area contributed by atoms with Crippen LogP contribution in [0.15, 0.2) is 42.5 Å². The summed E-state index contributed by atoms with van der Waals surface area (Å²) < 4.78 is 14.0. The minimum Gasteiger partial charge on any atom is -0.497 e. The van der Waals surface area contributed by atoms with E-state index in [1.165, 1.54) is 0 Å². The minimum absolute atomic E-state index is 0.321. The largest absolute Gasteiger partial charge is 0.497 e. The lowest BCUT2D eigenvalue weighted by molar-refractivity contribution is -0.0587. The van der Waals surface area contributed by atoms with Crippen molar-refractivity contribution < 1.29 is 19.7 Å². The van der Waals surface area contributed by atoms with Gasteiger partial charge in [0.1, 0.15) is 17.1 Å². The quantitative estimate of drug-likeness (QED) is 0.650. The molecule has 1 fully saturated rings. The molecular formula is C26H32N2O4. The van der Waals surface area contributed by atoms with Gasteiger partial charge >= 0.3 is 0 Å². The van der Waals surface area contributed by atoms with Gasteiger partial charge in [0.25, 0.3) is 0 Å². The number of benzene rings is 2. The summed E-state index contributed by atoms with van der Waals surface area (Å²) in [7, 11) is 3.70. The molecule has 1 spiro atoms. The SMILES string of the molecule is COc1ccc2c(c1)c([C@@H](O)CN1CCC3(CC1)C[C@H](O)c1ccccc1O3)c(C)n2C. The number of aliphatic hydroxyl groups is 2. The zero-order valence-corrected chi connectivity index (χ0v) is 19.0. The Balaban J connectivity index is 1.31. The van der Waals surface area contributed by atoms with Gasteiger partial charge in [0.15, 0.2) is 0 Å². The van der Waals surface area contributed by atoms with Crippen molar-refractivity contribution >= 4 is 10.9 Å². The number of hydrogen-bond acceptors (Lipinski definition) is 5. The Hall–Kier alpha value is -2.54. The minimum atomic E-state index is -0.585. The molecule has 1 aromatic heterocycles. The Labute approximate surface area is 189 Å². The molecule has 5 rings (SSSR count). The van der Waals surface area contributed by atoms with E-state index >= 15 is 0 Å². The van der Waals surface area contributed by atoms with Gasteiger partial charge in [-0.1, -0.05) is 18.2 Å². The normalized spacial score (nSPS) is 21.3. The molecule has 6 nitrogen and oxygen atoms in total. The Morgan fingerprint density at radius 2 is 1.94 bits per heavy atom. The summed E-state index contributed by atoms with van der Waals surface area (Å²) >= 11 is 0. The molecule has 3 heterocycles. The number of piperidine rings is 1. The fourth-order valence-electron chi connectivity index (χ4n) is 5.50. The standard InChI is InChI=1S/C26H32N2O4/c1-17-25(20-14-18(31-3)8-9-21(20)27(17)2)23(30)16-28-12-10-26(11-13-28)15-22(29)19-6-4-5-7-24(19)32-26/h4-9,14,22-23,29-30H,10-13,15-16H2,1-3H3/t22-,23-/m0/s1. The third-order valence-corrected chi connectivity index (χ3v) is 7.45. The fourth-order valence-corrected chi connectivity index (χ4v) is 5.50. The summed E-state index contributed by atoms with van der Waals surface area (Å²) in [5.41, 5.74) is 3.71. The van der Waals surface area contributed by atoms with Crippen LogP contribution in [0.3, 0.4) is 0 Å². The molecule has 0 radical (unpaired) electrons. The Bertz CT molecular complexity index is 1130. The summed E-state index contributed by atoms with van der Waals surface area (Å²) in [6, 6.07) is 13.8. The van der Waals surface area contributed by atoms with Crippen molar-refractivity contribution in [2.75, 3.05) is 26.7 Å². The van der Waals surface area contributed by atoms with Gasteiger partial charge in [-0.3, -0.25) is 0 Å². The van der Waals surface area contributed by atoms with Crippen LogP contribution in [0.1, 0.15) is 48.3 Å². The van der Waals surface area contributed by atoms with Crippen LogP contribution < -0.4 is 9.47 Å². The molecule has 0 saturated carbocycles. The molecule has 2 atom stereocenters. The van der Waals surface area contributed by atoms with Gasteiger partial charge in [0.05, 0.1) is 19.3 Å². The molecule has 0 unspecified atom stereocenters. The lowest BCUT2D eigenvalue weighted by Crippen LogP contribution is -2.51.